The summed E-state index contributed by atoms with van der Waals surface area (Å²) in [5, 5.41) is 3.27. The maximum absolute atomic E-state index is 11.7. The van der Waals surface area contributed by atoms with Gasteiger partial charge in [0.1, 0.15) is 6.04 Å². The van der Waals surface area contributed by atoms with Crippen molar-refractivity contribution in [3.05, 3.63) is 0 Å². The van der Waals surface area contributed by atoms with E-state index in [2.05, 4.69) is 25.1 Å². The van der Waals surface area contributed by atoms with Crippen molar-refractivity contribution >= 4 is 5.97 Å². The van der Waals surface area contributed by atoms with Crippen molar-refractivity contribution in [1.82, 2.24) is 5.32 Å². The molecule has 0 saturated heterocycles. The Labute approximate surface area is 98.9 Å². The normalized spacial score (nSPS) is 13.9. The molecule has 0 saturated carbocycles. The monoisotopic (exact) mass is 225 g/mol. The largest absolute Gasteiger partial charge is 0.465 e. The van der Waals surface area contributed by atoms with Crippen molar-refractivity contribution in [3.63, 3.8) is 0 Å². The summed E-state index contributed by atoms with van der Waals surface area (Å²) < 4.78 is 5.03. The van der Waals surface area contributed by atoms with Gasteiger partial charge in [0, 0.05) is 12.5 Å². The second-order valence-corrected chi connectivity index (χ2v) is 3.77. The number of rotatable bonds is 8. The highest BCUT2D eigenvalue weighted by Gasteiger charge is 2.21. The molecule has 0 bridgehead atoms. The maximum Gasteiger partial charge on any atom is 0.323 e. The molecule has 0 heterocycles. The van der Waals surface area contributed by atoms with Crippen LogP contribution < -0.4 is 5.32 Å². The molecule has 0 fully saturated rings. The van der Waals surface area contributed by atoms with E-state index >= 15 is 0 Å². The Kier molecular flexibility index (Phi) is 8.65. The van der Waals surface area contributed by atoms with Crippen LogP contribution in [0, 0.1) is 12.3 Å². The van der Waals surface area contributed by atoms with Crippen LogP contribution in [0.2, 0.25) is 0 Å². The Morgan fingerprint density at radius 2 is 2.12 bits per heavy atom. The predicted molar refractivity (Wildman–Crippen MR) is 66.0 cm³/mol. The van der Waals surface area contributed by atoms with E-state index in [1.807, 2.05) is 6.92 Å². The van der Waals surface area contributed by atoms with E-state index in [1.54, 1.807) is 0 Å². The van der Waals surface area contributed by atoms with E-state index in [9.17, 15) is 4.79 Å². The number of ether oxygens (including phenoxy) is 1. The van der Waals surface area contributed by atoms with Crippen LogP contribution in [-0.2, 0) is 9.53 Å². The number of nitrogens with one attached hydrogen (secondary N) is 1. The minimum atomic E-state index is -0.219. The molecule has 3 nitrogen and oxygen atoms in total. The molecule has 3 heteroatoms. The smallest absolute Gasteiger partial charge is 0.323 e. The van der Waals surface area contributed by atoms with Crippen LogP contribution >= 0.6 is 0 Å². The molecule has 0 aromatic carbocycles. The molecule has 0 spiro atoms. The van der Waals surface area contributed by atoms with Gasteiger partial charge in [-0.15, -0.1) is 12.3 Å². The lowest BCUT2D eigenvalue weighted by atomic mass is 10.1. The molecule has 0 aliphatic rings. The molecule has 0 rings (SSSR count). The summed E-state index contributed by atoms with van der Waals surface area (Å²) in [6.45, 7) is 6.35. The van der Waals surface area contributed by atoms with Gasteiger partial charge >= 0.3 is 5.97 Å². The minimum absolute atomic E-state index is 0.167. The second-order valence-electron chi connectivity index (χ2n) is 3.77. The highest BCUT2D eigenvalue weighted by Crippen LogP contribution is 2.05. The third-order valence-electron chi connectivity index (χ3n) is 2.44. The summed E-state index contributed by atoms with van der Waals surface area (Å²) in [5.74, 6) is 2.46. The Hall–Kier alpha value is -1.01. The average Bonchev–Trinajstić information content (AvgIpc) is 2.27. The van der Waals surface area contributed by atoms with Crippen LogP contribution in [0.15, 0.2) is 0 Å². The Balaban J connectivity index is 4.30. The van der Waals surface area contributed by atoms with Crippen LogP contribution in [0.25, 0.3) is 0 Å². The molecule has 0 aromatic rings. The van der Waals surface area contributed by atoms with Gasteiger partial charge in [0.05, 0.1) is 6.61 Å². The van der Waals surface area contributed by atoms with Crippen molar-refractivity contribution in [2.45, 2.75) is 58.5 Å². The van der Waals surface area contributed by atoms with Crippen LogP contribution in [0.4, 0.5) is 0 Å². The van der Waals surface area contributed by atoms with Crippen molar-refractivity contribution in [3.8, 4) is 12.3 Å². The van der Waals surface area contributed by atoms with Gasteiger partial charge < -0.3 is 10.1 Å². The van der Waals surface area contributed by atoms with Gasteiger partial charge in [-0.1, -0.05) is 20.3 Å². The first kappa shape index (κ1) is 15.0. The molecule has 2 atom stereocenters. The summed E-state index contributed by atoms with van der Waals surface area (Å²) >= 11 is 0. The minimum Gasteiger partial charge on any atom is -0.465 e. The third kappa shape index (κ3) is 5.77. The van der Waals surface area contributed by atoms with Crippen LogP contribution in [-0.4, -0.2) is 24.7 Å². The molecular weight excluding hydrogens is 202 g/mol. The van der Waals surface area contributed by atoms with Gasteiger partial charge in [0.15, 0.2) is 0 Å². The van der Waals surface area contributed by atoms with Crippen LogP contribution in [0.1, 0.15) is 46.5 Å². The van der Waals surface area contributed by atoms with E-state index in [-0.39, 0.29) is 18.1 Å². The van der Waals surface area contributed by atoms with E-state index < -0.39 is 0 Å². The summed E-state index contributed by atoms with van der Waals surface area (Å²) in [6.07, 6.45) is 8.59. The fourth-order valence-corrected chi connectivity index (χ4v) is 1.55. The van der Waals surface area contributed by atoms with E-state index in [0.29, 0.717) is 13.0 Å². The van der Waals surface area contributed by atoms with Crippen molar-refractivity contribution in [1.29, 1.82) is 0 Å². The first-order valence-corrected chi connectivity index (χ1v) is 6.05. The lowest BCUT2D eigenvalue weighted by Gasteiger charge is -2.22. The van der Waals surface area contributed by atoms with Gasteiger partial charge in [0.25, 0.3) is 0 Å². The number of hydrogen-bond donors (Lipinski definition) is 1. The first-order chi connectivity index (χ1) is 7.69. The molecular formula is C13H23NO2. The molecule has 16 heavy (non-hydrogen) atoms. The first-order valence-electron chi connectivity index (χ1n) is 6.05. The van der Waals surface area contributed by atoms with Crippen molar-refractivity contribution in [2.24, 2.45) is 0 Å². The van der Waals surface area contributed by atoms with Crippen LogP contribution in [0.5, 0.6) is 0 Å². The number of terminal acetylenes is 1. The quantitative estimate of drug-likeness (QED) is 0.508. The van der Waals surface area contributed by atoms with E-state index in [0.717, 1.165) is 19.3 Å². The molecule has 1 N–H and O–H groups in total. The Morgan fingerprint density at radius 3 is 2.56 bits per heavy atom. The number of carbonyl (C=O) groups excluding carboxylic acids is 1. The van der Waals surface area contributed by atoms with E-state index in [1.165, 1.54) is 0 Å². The van der Waals surface area contributed by atoms with Crippen LogP contribution in [0.3, 0.4) is 0 Å². The molecule has 0 radical (unpaired) electrons. The average molecular weight is 225 g/mol. The zero-order chi connectivity index (χ0) is 12.4. The fourth-order valence-electron chi connectivity index (χ4n) is 1.55. The highest BCUT2D eigenvalue weighted by atomic mass is 16.5. The third-order valence-corrected chi connectivity index (χ3v) is 2.44. The standard InChI is InChI=1S/C13H23NO2/c1-5-9-11(7-3)14-12(10-6-2)13(15)16-8-4/h1,11-12,14H,6-10H2,2-4H3. The zero-order valence-corrected chi connectivity index (χ0v) is 10.6. The lowest BCUT2D eigenvalue weighted by Crippen LogP contribution is -2.43. The van der Waals surface area contributed by atoms with Crippen molar-refractivity contribution < 1.29 is 9.53 Å². The zero-order valence-electron chi connectivity index (χ0n) is 10.6. The van der Waals surface area contributed by atoms with Gasteiger partial charge in [-0.3, -0.25) is 4.79 Å². The summed E-state index contributed by atoms with van der Waals surface area (Å²) in [4.78, 5) is 11.7. The number of esters is 1. The lowest BCUT2D eigenvalue weighted by molar-refractivity contribution is -0.146. The number of hydrogen-bond acceptors (Lipinski definition) is 3. The maximum atomic E-state index is 11.7. The predicted octanol–water partition coefficient (Wildman–Crippen LogP) is 2.11. The molecule has 0 amide bonds. The van der Waals surface area contributed by atoms with Gasteiger partial charge in [-0.2, -0.15) is 0 Å². The Morgan fingerprint density at radius 1 is 1.44 bits per heavy atom. The number of carbonyl (C=O) groups is 1. The summed E-state index contributed by atoms with van der Waals surface area (Å²) in [7, 11) is 0. The summed E-state index contributed by atoms with van der Waals surface area (Å²) in [6, 6.07) is -0.0193. The SMILES string of the molecule is C#CCC(CC)NC(CCC)C(=O)OCC. The van der Waals surface area contributed by atoms with E-state index in [4.69, 9.17) is 11.2 Å². The van der Waals surface area contributed by atoms with Gasteiger partial charge in [-0.25, -0.2) is 0 Å². The fraction of sp³-hybridized carbons (Fsp3) is 0.769. The van der Waals surface area contributed by atoms with Gasteiger partial charge in [-0.05, 0) is 19.8 Å². The molecule has 92 valence electrons. The Bertz CT molecular complexity index is 233. The molecule has 0 aliphatic heterocycles. The van der Waals surface area contributed by atoms with Gasteiger partial charge in [0.2, 0.25) is 0 Å². The molecule has 0 aromatic heterocycles. The molecule has 2 unspecified atom stereocenters. The topological polar surface area (TPSA) is 38.3 Å². The van der Waals surface area contributed by atoms with Crippen molar-refractivity contribution in [2.75, 3.05) is 6.61 Å². The summed E-state index contributed by atoms with van der Waals surface area (Å²) in [5.41, 5.74) is 0. The highest BCUT2D eigenvalue weighted by molar-refractivity contribution is 5.75. The second kappa shape index (κ2) is 9.23. The molecule has 0 aliphatic carbocycles.